The number of para-hydroxylation sites is 1. The Balaban J connectivity index is 1.81. The maximum absolute atomic E-state index is 13.5. The summed E-state index contributed by atoms with van der Waals surface area (Å²) in [6, 6.07) is 4.31. The highest BCUT2D eigenvalue weighted by Crippen LogP contribution is 2.23. The molecular weight excluding hydrogens is 547 g/mol. The maximum atomic E-state index is 13.5. The number of hydrogen-bond donors (Lipinski definition) is 3. The van der Waals surface area contributed by atoms with Crippen molar-refractivity contribution in [3.05, 3.63) is 29.8 Å². The van der Waals surface area contributed by atoms with Gasteiger partial charge in [-0.15, -0.1) is 23.2 Å². The first-order valence-electron chi connectivity index (χ1n) is 12.9. The van der Waals surface area contributed by atoms with Crippen LogP contribution in [0.3, 0.4) is 0 Å². The van der Waals surface area contributed by atoms with Crippen molar-refractivity contribution in [3.8, 4) is 0 Å². The van der Waals surface area contributed by atoms with Gasteiger partial charge in [0.2, 0.25) is 17.7 Å². The number of hydrogen-bond acceptors (Lipinski definition) is 8. The number of nitrogens with one attached hydrogen (secondary N) is 3. The van der Waals surface area contributed by atoms with E-state index < -0.39 is 42.0 Å². The van der Waals surface area contributed by atoms with Gasteiger partial charge < -0.3 is 25.6 Å². The SMILES string of the molecule is CCOC(=O)C(Cc1ccccc1N(CCCl)CCCl)NC(=O)C(CC1C=NC=N1)NC(=O)C1CCC(=O)N1. The standard InChI is InChI=1S/C26H34Cl2N6O5/c1-2-39-26(38)21(13-17-5-3-4-6-22(17)34(11-9-27)12-10-28)33-25(37)20(14-18-15-29-16-30-18)32-24(36)19-7-8-23(35)31-19/h3-6,15-16,18-21H,2,7-14H2,1H3,(H,31,35)(H,32,36)(H,33,37). The molecule has 2 aliphatic heterocycles. The lowest BCUT2D eigenvalue weighted by atomic mass is 10.0. The number of carbonyl (C=O) groups excluding carboxylic acids is 4. The van der Waals surface area contributed by atoms with Gasteiger partial charge in [-0.25, -0.2) is 9.79 Å². The molecule has 13 heteroatoms. The topological polar surface area (TPSA) is 142 Å². The van der Waals surface area contributed by atoms with Gasteiger partial charge in [0.25, 0.3) is 0 Å². The molecule has 4 unspecified atom stereocenters. The summed E-state index contributed by atoms with van der Waals surface area (Å²) in [6.07, 6.45) is 3.80. The average molecular weight is 582 g/mol. The first kappa shape index (κ1) is 30.4. The summed E-state index contributed by atoms with van der Waals surface area (Å²) in [5.74, 6) is -1.09. The zero-order valence-corrected chi connectivity index (χ0v) is 23.3. The van der Waals surface area contributed by atoms with Crippen LogP contribution in [0.5, 0.6) is 0 Å². The summed E-state index contributed by atoms with van der Waals surface area (Å²) in [4.78, 5) is 61.1. The van der Waals surface area contributed by atoms with Crippen molar-refractivity contribution in [1.29, 1.82) is 0 Å². The normalized spacial score (nSPS) is 19.3. The van der Waals surface area contributed by atoms with Gasteiger partial charge in [-0.3, -0.25) is 19.4 Å². The largest absolute Gasteiger partial charge is 0.464 e. The Kier molecular flexibility index (Phi) is 12.0. The zero-order chi connectivity index (χ0) is 28.2. The third-order valence-corrected chi connectivity index (χ3v) is 6.70. The van der Waals surface area contributed by atoms with Crippen LogP contribution in [-0.4, -0.2) is 91.9 Å². The molecule has 212 valence electrons. The van der Waals surface area contributed by atoms with Crippen molar-refractivity contribution in [2.45, 2.75) is 56.8 Å². The summed E-state index contributed by atoms with van der Waals surface area (Å²) >= 11 is 12.0. The van der Waals surface area contributed by atoms with Crippen LogP contribution in [0.25, 0.3) is 0 Å². The van der Waals surface area contributed by atoms with Crippen molar-refractivity contribution in [2.75, 3.05) is 36.4 Å². The van der Waals surface area contributed by atoms with Crippen LogP contribution in [-0.2, 0) is 30.3 Å². The molecule has 1 fully saturated rings. The summed E-state index contributed by atoms with van der Waals surface area (Å²) in [5.41, 5.74) is 1.65. The van der Waals surface area contributed by atoms with Crippen molar-refractivity contribution in [2.24, 2.45) is 9.98 Å². The van der Waals surface area contributed by atoms with Crippen molar-refractivity contribution >= 4 is 65.1 Å². The number of nitrogens with zero attached hydrogens (tertiary/aromatic N) is 3. The highest BCUT2D eigenvalue weighted by atomic mass is 35.5. The van der Waals surface area contributed by atoms with E-state index in [9.17, 15) is 19.2 Å². The lowest BCUT2D eigenvalue weighted by molar-refractivity contribution is -0.147. The predicted molar refractivity (Wildman–Crippen MR) is 151 cm³/mol. The number of aliphatic imine (C=N–C) groups is 2. The average Bonchev–Trinajstić information content (AvgIpc) is 3.60. The Morgan fingerprint density at radius 1 is 1.15 bits per heavy atom. The third kappa shape index (κ3) is 8.93. The molecule has 3 N–H and O–H groups in total. The number of anilines is 1. The Morgan fingerprint density at radius 3 is 2.51 bits per heavy atom. The van der Waals surface area contributed by atoms with E-state index in [0.29, 0.717) is 31.3 Å². The number of alkyl halides is 2. The summed E-state index contributed by atoms with van der Waals surface area (Å²) in [5, 5.41) is 8.10. The molecule has 4 atom stereocenters. The van der Waals surface area contributed by atoms with Crippen LogP contribution >= 0.6 is 23.2 Å². The molecule has 0 aromatic heterocycles. The second-order valence-corrected chi connectivity index (χ2v) is 9.85. The van der Waals surface area contributed by atoms with E-state index in [1.807, 2.05) is 29.2 Å². The monoisotopic (exact) mass is 580 g/mol. The van der Waals surface area contributed by atoms with Crippen LogP contribution in [0.1, 0.15) is 31.7 Å². The van der Waals surface area contributed by atoms with E-state index in [0.717, 1.165) is 11.3 Å². The molecule has 11 nitrogen and oxygen atoms in total. The molecule has 0 saturated carbocycles. The molecule has 1 aromatic rings. The highest BCUT2D eigenvalue weighted by Gasteiger charge is 2.34. The number of carbonyl (C=O) groups is 4. The van der Waals surface area contributed by atoms with Crippen molar-refractivity contribution < 1.29 is 23.9 Å². The van der Waals surface area contributed by atoms with Crippen molar-refractivity contribution in [1.82, 2.24) is 16.0 Å². The number of amides is 3. The number of halogens is 2. The fraction of sp³-hybridized carbons (Fsp3) is 0.538. The molecule has 39 heavy (non-hydrogen) atoms. The zero-order valence-electron chi connectivity index (χ0n) is 21.8. The van der Waals surface area contributed by atoms with Gasteiger partial charge in [-0.2, -0.15) is 0 Å². The first-order chi connectivity index (χ1) is 18.9. The minimum atomic E-state index is -1.03. The van der Waals surface area contributed by atoms with E-state index in [4.69, 9.17) is 27.9 Å². The summed E-state index contributed by atoms with van der Waals surface area (Å²) in [7, 11) is 0. The van der Waals surface area contributed by atoms with E-state index >= 15 is 0 Å². The lowest BCUT2D eigenvalue weighted by Crippen LogP contribution is -2.56. The summed E-state index contributed by atoms with van der Waals surface area (Å²) < 4.78 is 5.27. The van der Waals surface area contributed by atoms with Crippen LogP contribution in [0.2, 0.25) is 0 Å². The molecule has 0 spiro atoms. The predicted octanol–water partition coefficient (Wildman–Crippen LogP) is 1.20. The smallest absolute Gasteiger partial charge is 0.328 e. The highest BCUT2D eigenvalue weighted by molar-refractivity contribution is 6.18. The second-order valence-electron chi connectivity index (χ2n) is 9.10. The van der Waals surface area contributed by atoms with Gasteiger partial charge in [-0.05, 0) is 25.0 Å². The van der Waals surface area contributed by atoms with E-state index in [2.05, 4.69) is 25.9 Å². The molecule has 3 rings (SSSR count). The van der Waals surface area contributed by atoms with Crippen LogP contribution in [0, 0.1) is 0 Å². The molecule has 0 aliphatic carbocycles. The van der Waals surface area contributed by atoms with Gasteiger partial charge in [0.05, 0.1) is 12.6 Å². The van der Waals surface area contributed by atoms with Gasteiger partial charge >= 0.3 is 5.97 Å². The van der Waals surface area contributed by atoms with Crippen LogP contribution in [0.15, 0.2) is 34.3 Å². The van der Waals surface area contributed by atoms with Crippen LogP contribution in [0.4, 0.5) is 5.69 Å². The maximum Gasteiger partial charge on any atom is 0.328 e. The second kappa shape index (κ2) is 15.4. The van der Waals surface area contributed by atoms with E-state index in [1.165, 1.54) is 6.34 Å². The molecule has 1 saturated heterocycles. The van der Waals surface area contributed by atoms with Gasteiger partial charge in [0.15, 0.2) is 0 Å². The molecule has 0 radical (unpaired) electrons. The Hall–Kier alpha value is -3.18. The quantitative estimate of drug-likeness (QED) is 0.210. The Labute approximate surface area is 237 Å². The molecule has 2 aliphatic rings. The number of ether oxygens (including phenoxy) is 1. The van der Waals surface area contributed by atoms with Gasteiger partial charge in [0.1, 0.15) is 24.5 Å². The first-order valence-corrected chi connectivity index (χ1v) is 14.0. The number of benzene rings is 1. The summed E-state index contributed by atoms with van der Waals surface area (Å²) in [6.45, 7) is 2.92. The number of rotatable bonds is 15. The lowest BCUT2D eigenvalue weighted by Gasteiger charge is -2.28. The molecule has 3 amide bonds. The molecule has 1 aromatic carbocycles. The Bertz CT molecular complexity index is 1070. The van der Waals surface area contributed by atoms with Gasteiger partial charge in [-0.1, -0.05) is 18.2 Å². The third-order valence-electron chi connectivity index (χ3n) is 6.36. The minimum absolute atomic E-state index is 0.129. The Morgan fingerprint density at radius 2 is 1.90 bits per heavy atom. The van der Waals surface area contributed by atoms with E-state index in [1.54, 1.807) is 13.1 Å². The fourth-order valence-electron chi connectivity index (χ4n) is 4.46. The number of esters is 1. The van der Waals surface area contributed by atoms with Gasteiger partial charge in [0, 0.05) is 56.0 Å². The molecule has 2 heterocycles. The minimum Gasteiger partial charge on any atom is -0.464 e. The molecular formula is C26H34Cl2N6O5. The fourth-order valence-corrected chi connectivity index (χ4v) is 4.86. The van der Waals surface area contributed by atoms with Crippen LogP contribution < -0.4 is 20.9 Å². The van der Waals surface area contributed by atoms with Crippen molar-refractivity contribution in [3.63, 3.8) is 0 Å². The molecule has 0 bridgehead atoms. The van der Waals surface area contributed by atoms with E-state index in [-0.39, 0.29) is 31.8 Å².